The highest BCUT2D eigenvalue weighted by atomic mass is 19.4. The second kappa shape index (κ2) is 25.5. The molecular weight excluding hydrogens is 789 g/mol. The molecular formula is C37H58F5N3O13. The van der Waals surface area contributed by atoms with Crippen molar-refractivity contribution in [2.24, 2.45) is 11.7 Å². The lowest BCUT2D eigenvalue weighted by Crippen LogP contribution is -2.43. The molecule has 0 aromatic heterocycles. The molecule has 58 heavy (non-hydrogen) atoms. The van der Waals surface area contributed by atoms with E-state index in [-0.39, 0.29) is 56.1 Å². The van der Waals surface area contributed by atoms with Crippen molar-refractivity contribution in [3.8, 4) is 0 Å². The van der Waals surface area contributed by atoms with Crippen molar-refractivity contribution in [2.45, 2.75) is 135 Å². The van der Waals surface area contributed by atoms with E-state index in [1.165, 1.54) is 31.3 Å². The van der Waals surface area contributed by atoms with Crippen molar-refractivity contribution >= 4 is 41.8 Å². The molecule has 6 atom stereocenters. The Balaban J connectivity index is 0. The molecule has 0 spiro atoms. The predicted octanol–water partition coefficient (Wildman–Crippen LogP) is 5.55. The molecule has 2 rings (SSSR count). The van der Waals surface area contributed by atoms with Crippen LogP contribution in [0.1, 0.15) is 87.5 Å². The SMILES string of the molecule is CC(C)(C)OC(=O)N1C[C@@H](F)C[C@H]1C(=O)O.CC[C@@H](/C=C/C(=O)OC)CC(=O)[C@@H]1C[C@H](F)CN1C(=O)OC(C)(C)C.CC[C@H](N)/C=C/C(=O)OC.O=C(O)C(F)(F)F. The summed E-state index contributed by atoms with van der Waals surface area (Å²) in [5, 5.41) is 16.0. The number of likely N-dealkylation sites (tertiary alicyclic amines) is 2. The first kappa shape index (κ1) is 55.3. The molecule has 0 unspecified atom stereocenters. The molecule has 334 valence electrons. The van der Waals surface area contributed by atoms with Gasteiger partial charge in [0.2, 0.25) is 0 Å². The largest absolute Gasteiger partial charge is 0.490 e. The third-order valence-electron chi connectivity index (χ3n) is 7.50. The number of aliphatic carboxylic acids is 2. The number of ketones is 1. The zero-order valence-electron chi connectivity index (χ0n) is 34.5. The smallest absolute Gasteiger partial charge is 0.480 e. The van der Waals surface area contributed by atoms with Gasteiger partial charge >= 0.3 is 42.2 Å². The monoisotopic (exact) mass is 847 g/mol. The van der Waals surface area contributed by atoms with E-state index < -0.39 is 71.9 Å². The first-order valence-corrected chi connectivity index (χ1v) is 18.0. The molecule has 2 fully saturated rings. The number of nitrogens with two attached hydrogens (primary N) is 1. The van der Waals surface area contributed by atoms with Gasteiger partial charge in [0, 0.05) is 37.5 Å². The van der Waals surface area contributed by atoms with Gasteiger partial charge in [-0.3, -0.25) is 14.6 Å². The van der Waals surface area contributed by atoms with Crippen molar-refractivity contribution in [3.63, 3.8) is 0 Å². The molecule has 2 amide bonds. The Morgan fingerprint density at radius 3 is 1.43 bits per heavy atom. The number of carbonyl (C=O) groups excluding carboxylic acids is 5. The number of esters is 2. The highest BCUT2D eigenvalue weighted by molar-refractivity contribution is 5.89. The van der Waals surface area contributed by atoms with Gasteiger partial charge < -0.3 is 34.9 Å². The van der Waals surface area contributed by atoms with E-state index in [4.69, 9.17) is 30.2 Å². The standard InChI is InChI=1S/C18H28FNO5.C10H16FNO4.C7H13NO2.C2HF3O2/c1-6-12(7-8-16(22)24-5)9-15(21)14-10-13(19)11-20(14)17(23)25-18(2,3)4;1-10(2,3)16-9(15)12-5-6(11)4-7(12)8(13)14;1-3-6(8)4-5-7(9)10-2;3-2(4,5)1(6)7/h7-8,12-14H,6,9-11H2,1-5H3;6-7H,4-5H2,1-3H3,(H,13,14);4-6H,3,8H2,1-2H3;(H,6,7)/b8-7+;;5-4+;/t12-,13-,14-;6-,7-;6-;/m000./s1. The summed E-state index contributed by atoms with van der Waals surface area (Å²) in [4.78, 5) is 79.9. The highest BCUT2D eigenvalue weighted by Gasteiger charge is 2.43. The Labute approximate surface area is 334 Å². The third-order valence-corrected chi connectivity index (χ3v) is 7.50. The molecule has 4 N–H and O–H groups in total. The number of halogens is 5. The summed E-state index contributed by atoms with van der Waals surface area (Å²) in [7, 11) is 2.61. The molecule has 0 aliphatic carbocycles. The van der Waals surface area contributed by atoms with Crippen LogP contribution in [0.3, 0.4) is 0 Å². The molecule has 0 bridgehead atoms. The molecule has 0 aromatic rings. The fourth-order valence-corrected chi connectivity index (χ4v) is 4.59. The lowest BCUT2D eigenvalue weighted by molar-refractivity contribution is -0.192. The molecule has 16 nitrogen and oxygen atoms in total. The molecule has 2 heterocycles. The van der Waals surface area contributed by atoms with Gasteiger partial charge in [0.25, 0.3) is 0 Å². The first-order valence-electron chi connectivity index (χ1n) is 18.0. The minimum atomic E-state index is -5.08. The van der Waals surface area contributed by atoms with Crippen LogP contribution in [0, 0.1) is 5.92 Å². The minimum Gasteiger partial charge on any atom is -0.480 e. The Bertz CT molecular complexity index is 1430. The van der Waals surface area contributed by atoms with Gasteiger partial charge in [-0.25, -0.2) is 37.5 Å². The summed E-state index contributed by atoms with van der Waals surface area (Å²) in [5.74, 6) is -5.22. The maximum Gasteiger partial charge on any atom is 0.490 e. The van der Waals surface area contributed by atoms with Crippen LogP contribution in [0.15, 0.2) is 24.3 Å². The zero-order valence-corrected chi connectivity index (χ0v) is 34.5. The Morgan fingerprint density at radius 2 is 1.10 bits per heavy atom. The minimum absolute atomic E-state index is 0.0186. The van der Waals surface area contributed by atoms with Gasteiger partial charge in [-0.2, -0.15) is 13.2 Å². The fourth-order valence-electron chi connectivity index (χ4n) is 4.59. The normalized spacial score (nSPS) is 20.3. The quantitative estimate of drug-likeness (QED) is 0.106. The van der Waals surface area contributed by atoms with Crippen molar-refractivity contribution in [2.75, 3.05) is 27.3 Å². The van der Waals surface area contributed by atoms with E-state index in [0.717, 1.165) is 11.3 Å². The van der Waals surface area contributed by atoms with E-state index in [0.29, 0.717) is 6.42 Å². The van der Waals surface area contributed by atoms with Gasteiger partial charge in [0.1, 0.15) is 29.6 Å². The summed E-state index contributed by atoms with van der Waals surface area (Å²) in [6.45, 7) is 13.6. The lowest BCUT2D eigenvalue weighted by Gasteiger charge is -2.28. The number of carboxylic acid groups (broad SMARTS) is 2. The van der Waals surface area contributed by atoms with E-state index >= 15 is 0 Å². The van der Waals surface area contributed by atoms with Crippen LogP contribution in [0.4, 0.5) is 31.5 Å². The van der Waals surface area contributed by atoms with Crippen LogP contribution >= 0.6 is 0 Å². The van der Waals surface area contributed by atoms with Crippen molar-refractivity contribution in [1.82, 2.24) is 9.80 Å². The van der Waals surface area contributed by atoms with Crippen LogP contribution in [0.5, 0.6) is 0 Å². The number of hydrogen-bond acceptors (Lipinski definition) is 12. The Kier molecular flexibility index (Phi) is 24.3. The lowest BCUT2D eigenvalue weighted by atomic mass is 9.94. The van der Waals surface area contributed by atoms with Gasteiger partial charge in [0.05, 0.1) is 33.4 Å². The van der Waals surface area contributed by atoms with Crippen LogP contribution in [0.2, 0.25) is 0 Å². The number of hydrogen-bond donors (Lipinski definition) is 3. The fraction of sp³-hybridized carbons (Fsp3) is 0.703. The summed E-state index contributed by atoms with van der Waals surface area (Å²) in [6, 6.07) is -1.99. The summed E-state index contributed by atoms with van der Waals surface area (Å²) >= 11 is 0. The van der Waals surface area contributed by atoms with E-state index in [1.807, 2.05) is 13.8 Å². The van der Waals surface area contributed by atoms with Crippen molar-refractivity contribution < 1.29 is 84.7 Å². The van der Waals surface area contributed by atoms with Gasteiger partial charge in [-0.05, 0) is 60.3 Å². The maximum absolute atomic E-state index is 13.8. The van der Waals surface area contributed by atoms with Crippen LogP contribution < -0.4 is 5.73 Å². The number of nitrogens with zero attached hydrogens (tertiary/aromatic N) is 2. The van der Waals surface area contributed by atoms with Crippen LogP contribution in [0.25, 0.3) is 0 Å². The Morgan fingerprint density at radius 1 is 0.724 bits per heavy atom. The molecule has 2 saturated heterocycles. The molecule has 0 aromatic carbocycles. The predicted molar refractivity (Wildman–Crippen MR) is 198 cm³/mol. The van der Waals surface area contributed by atoms with Crippen LogP contribution in [-0.2, 0) is 42.9 Å². The maximum atomic E-state index is 13.8. The van der Waals surface area contributed by atoms with Gasteiger partial charge in [0.15, 0.2) is 5.78 Å². The Hall–Kier alpha value is -4.82. The number of ether oxygens (including phenoxy) is 4. The van der Waals surface area contributed by atoms with Crippen molar-refractivity contribution in [3.05, 3.63) is 24.3 Å². The third kappa shape index (κ3) is 24.1. The average molecular weight is 848 g/mol. The number of methoxy groups -OCH3 is 2. The summed E-state index contributed by atoms with van der Waals surface area (Å²) < 4.78 is 77.8. The number of amides is 2. The van der Waals surface area contributed by atoms with Crippen molar-refractivity contribution in [1.29, 1.82) is 0 Å². The van der Waals surface area contributed by atoms with Gasteiger partial charge in [-0.15, -0.1) is 0 Å². The number of carbonyl (C=O) groups is 7. The highest BCUT2D eigenvalue weighted by Crippen LogP contribution is 2.27. The van der Waals surface area contributed by atoms with Crippen LogP contribution in [-0.4, -0.2) is 137 Å². The average Bonchev–Trinajstić information content (AvgIpc) is 3.70. The molecule has 2 aliphatic rings. The number of rotatable bonds is 10. The van der Waals surface area contributed by atoms with E-state index in [9.17, 15) is 50.7 Å². The topological polar surface area (TPSA) is 229 Å². The molecule has 21 heteroatoms. The zero-order chi connectivity index (χ0) is 45.8. The second-order valence-electron chi connectivity index (χ2n) is 14.8. The molecule has 2 aliphatic heterocycles. The summed E-state index contributed by atoms with van der Waals surface area (Å²) in [6.07, 6.45) is -1.82. The molecule has 0 saturated carbocycles. The van der Waals surface area contributed by atoms with E-state index in [1.54, 1.807) is 53.7 Å². The number of alkyl halides is 5. The number of allylic oxidation sites excluding steroid dienone is 1. The summed E-state index contributed by atoms with van der Waals surface area (Å²) in [5.41, 5.74) is 4.05. The number of Topliss-reactive ketones (excluding diaryl/α,β-unsaturated/α-hetero) is 1. The van der Waals surface area contributed by atoms with Gasteiger partial charge in [-0.1, -0.05) is 26.0 Å². The number of carboxylic acids is 2. The second-order valence-corrected chi connectivity index (χ2v) is 14.8. The van der Waals surface area contributed by atoms with E-state index in [2.05, 4.69) is 9.47 Å². The first-order chi connectivity index (χ1) is 26.4. The molecule has 0 radical (unpaired) electrons.